The molecule has 0 radical (unpaired) electrons. The summed E-state index contributed by atoms with van der Waals surface area (Å²) in [5, 5.41) is 9.32. The van der Waals surface area contributed by atoms with Crippen LogP contribution in [0.15, 0.2) is 29.9 Å². The van der Waals surface area contributed by atoms with Crippen LogP contribution >= 0.6 is 22.9 Å². The summed E-state index contributed by atoms with van der Waals surface area (Å²) in [6.07, 6.45) is 3.72. The average molecular weight is 228 g/mol. The first-order chi connectivity index (χ1) is 6.86. The molecule has 0 saturated carbocycles. The summed E-state index contributed by atoms with van der Waals surface area (Å²) in [5.74, 6) is 0. The van der Waals surface area contributed by atoms with Gasteiger partial charge in [0.25, 0.3) is 0 Å². The Hall–Kier alpha value is -1.00. The lowest BCUT2D eigenvalue weighted by molar-refractivity contribution is 0.638. The van der Waals surface area contributed by atoms with E-state index < -0.39 is 0 Å². The third-order valence-corrected chi connectivity index (χ3v) is 3.00. The number of nitrogens with one attached hydrogen (secondary N) is 1. The maximum atomic E-state index is 5.93. The molecule has 74 valence electrons. The Morgan fingerprint density at radius 1 is 1.57 bits per heavy atom. The molecule has 5 heteroatoms. The lowest BCUT2D eigenvalue weighted by Gasteiger charge is -2.04. The van der Waals surface area contributed by atoms with Gasteiger partial charge in [-0.3, -0.25) is 4.68 Å². The molecule has 2 rings (SSSR count). The van der Waals surface area contributed by atoms with Crippen LogP contribution in [0.1, 0.15) is 0 Å². The molecule has 0 fully saturated rings. The minimum atomic E-state index is 0.811. The van der Waals surface area contributed by atoms with Gasteiger partial charge in [0.15, 0.2) is 0 Å². The summed E-state index contributed by atoms with van der Waals surface area (Å²) in [4.78, 5) is 0. The molecule has 0 aliphatic carbocycles. The molecular formula is C9H10ClN3S. The molecule has 2 heterocycles. The normalized spacial score (nSPS) is 10.4. The van der Waals surface area contributed by atoms with E-state index in [0.717, 1.165) is 23.1 Å². The van der Waals surface area contributed by atoms with Crippen LogP contribution in [-0.4, -0.2) is 16.3 Å². The highest BCUT2D eigenvalue weighted by atomic mass is 35.5. The van der Waals surface area contributed by atoms with Crippen molar-refractivity contribution in [3.05, 3.63) is 34.2 Å². The zero-order valence-corrected chi connectivity index (χ0v) is 9.05. The molecule has 0 aromatic carbocycles. The second kappa shape index (κ2) is 4.48. The van der Waals surface area contributed by atoms with Crippen LogP contribution in [0.4, 0.5) is 5.69 Å². The molecule has 0 amide bonds. The van der Waals surface area contributed by atoms with Crippen molar-refractivity contribution in [2.45, 2.75) is 6.54 Å². The summed E-state index contributed by atoms with van der Waals surface area (Å²) < 4.78 is 2.69. The standard InChI is InChI=1S/C9H10ClN3S/c10-9-8(2-7-14-9)11-4-6-13-5-1-3-12-13/h1-3,5,7,11H,4,6H2. The first-order valence-electron chi connectivity index (χ1n) is 4.30. The number of anilines is 1. The van der Waals surface area contributed by atoms with Gasteiger partial charge in [0.05, 0.1) is 12.2 Å². The smallest absolute Gasteiger partial charge is 0.116 e. The zero-order chi connectivity index (χ0) is 9.80. The lowest BCUT2D eigenvalue weighted by atomic mass is 10.5. The number of nitrogens with zero attached hydrogens (tertiary/aromatic N) is 2. The Bertz CT molecular complexity index is 382. The van der Waals surface area contributed by atoms with Crippen LogP contribution < -0.4 is 5.32 Å². The van der Waals surface area contributed by atoms with Crippen LogP contribution in [0.25, 0.3) is 0 Å². The quantitative estimate of drug-likeness (QED) is 0.871. The summed E-state index contributed by atoms with van der Waals surface area (Å²) in [6.45, 7) is 1.68. The van der Waals surface area contributed by atoms with Gasteiger partial charge in [-0.25, -0.2) is 0 Å². The van der Waals surface area contributed by atoms with E-state index in [4.69, 9.17) is 11.6 Å². The van der Waals surface area contributed by atoms with E-state index in [1.165, 1.54) is 11.3 Å². The van der Waals surface area contributed by atoms with Crippen molar-refractivity contribution in [2.24, 2.45) is 0 Å². The second-order valence-corrected chi connectivity index (χ2v) is 4.32. The molecule has 0 spiro atoms. The van der Waals surface area contributed by atoms with Gasteiger partial charge >= 0.3 is 0 Å². The van der Waals surface area contributed by atoms with Crippen molar-refractivity contribution >= 4 is 28.6 Å². The zero-order valence-electron chi connectivity index (χ0n) is 7.48. The van der Waals surface area contributed by atoms with Crippen LogP contribution in [-0.2, 0) is 6.54 Å². The van der Waals surface area contributed by atoms with E-state index in [-0.39, 0.29) is 0 Å². The van der Waals surface area contributed by atoms with Crippen molar-refractivity contribution in [3.63, 3.8) is 0 Å². The van der Waals surface area contributed by atoms with Crippen molar-refractivity contribution in [3.8, 4) is 0 Å². The highest BCUT2D eigenvalue weighted by molar-refractivity contribution is 7.15. The Kier molecular flexibility index (Phi) is 3.06. The van der Waals surface area contributed by atoms with Crippen molar-refractivity contribution in [2.75, 3.05) is 11.9 Å². The maximum Gasteiger partial charge on any atom is 0.116 e. The Morgan fingerprint density at radius 2 is 2.50 bits per heavy atom. The van der Waals surface area contributed by atoms with E-state index in [2.05, 4.69) is 10.4 Å². The van der Waals surface area contributed by atoms with Crippen LogP contribution in [0.2, 0.25) is 4.34 Å². The number of rotatable bonds is 4. The van der Waals surface area contributed by atoms with Gasteiger partial charge in [0.2, 0.25) is 0 Å². The third kappa shape index (κ3) is 2.27. The molecule has 1 N–H and O–H groups in total. The van der Waals surface area contributed by atoms with Gasteiger partial charge in [-0.1, -0.05) is 11.6 Å². The highest BCUT2D eigenvalue weighted by Crippen LogP contribution is 2.27. The molecule has 0 saturated heterocycles. The van der Waals surface area contributed by atoms with Crippen molar-refractivity contribution in [1.82, 2.24) is 9.78 Å². The monoisotopic (exact) mass is 227 g/mol. The number of aromatic nitrogens is 2. The van der Waals surface area contributed by atoms with Gasteiger partial charge < -0.3 is 5.32 Å². The molecule has 0 bridgehead atoms. The predicted octanol–water partition coefficient (Wildman–Crippen LogP) is 2.71. The second-order valence-electron chi connectivity index (χ2n) is 2.80. The number of thiophene rings is 1. The fourth-order valence-electron chi connectivity index (χ4n) is 1.16. The molecule has 14 heavy (non-hydrogen) atoms. The first-order valence-corrected chi connectivity index (χ1v) is 5.56. The van der Waals surface area contributed by atoms with Gasteiger partial charge in [-0.05, 0) is 17.5 Å². The molecule has 0 aliphatic rings. The fraction of sp³-hybridized carbons (Fsp3) is 0.222. The minimum Gasteiger partial charge on any atom is -0.381 e. The van der Waals surface area contributed by atoms with Gasteiger partial charge in [-0.15, -0.1) is 11.3 Å². The fourth-order valence-corrected chi connectivity index (χ4v) is 2.03. The van der Waals surface area contributed by atoms with Gasteiger partial charge in [0, 0.05) is 18.9 Å². The Balaban J connectivity index is 1.81. The summed E-state index contributed by atoms with van der Waals surface area (Å²) in [5.41, 5.74) is 1.00. The largest absolute Gasteiger partial charge is 0.381 e. The van der Waals surface area contributed by atoms with E-state index in [1.807, 2.05) is 28.4 Å². The first kappa shape index (κ1) is 9.55. The number of hydrogen-bond donors (Lipinski definition) is 1. The van der Waals surface area contributed by atoms with Crippen LogP contribution in [0.3, 0.4) is 0 Å². The lowest BCUT2D eigenvalue weighted by Crippen LogP contribution is -2.10. The van der Waals surface area contributed by atoms with E-state index in [9.17, 15) is 0 Å². The van der Waals surface area contributed by atoms with E-state index in [1.54, 1.807) is 6.20 Å². The summed E-state index contributed by atoms with van der Waals surface area (Å²) >= 11 is 7.47. The molecule has 0 aliphatic heterocycles. The van der Waals surface area contributed by atoms with E-state index >= 15 is 0 Å². The van der Waals surface area contributed by atoms with Crippen LogP contribution in [0, 0.1) is 0 Å². The van der Waals surface area contributed by atoms with Crippen molar-refractivity contribution in [1.29, 1.82) is 0 Å². The van der Waals surface area contributed by atoms with Gasteiger partial charge in [-0.2, -0.15) is 5.10 Å². The molecule has 2 aromatic rings. The molecule has 3 nitrogen and oxygen atoms in total. The van der Waals surface area contributed by atoms with E-state index in [0.29, 0.717) is 0 Å². The molecule has 0 atom stereocenters. The SMILES string of the molecule is Clc1sccc1NCCn1cccn1. The number of halogens is 1. The highest BCUT2D eigenvalue weighted by Gasteiger charge is 1.99. The Morgan fingerprint density at radius 3 is 3.14 bits per heavy atom. The third-order valence-electron chi connectivity index (χ3n) is 1.83. The summed E-state index contributed by atoms with van der Waals surface area (Å²) in [6, 6.07) is 3.90. The predicted molar refractivity (Wildman–Crippen MR) is 60.0 cm³/mol. The number of hydrogen-bond acceptors (Lipinski definition) is 3. The van der Waals surface area contributed by atoms with Crippen molar-refractivity contribution < 1.29 is 0 Å². The molecule has 2 aromatic heterocycles. The average Bonchev–Trinajstić information content (AvgIpc) is 2.78. The van der Waals surface area contributed by atoms with Gasteiger partial charge in [0.1, 0.15) is 4.34 Å². The molecular weight excluding hydrogens is 218 g/mol. The van der Waals surface area contributed by atoms with Crippen LogP contribution in [0.5, 0.6) is 0 Å². The maximum absolute atomic E-state index is 5.93. The topological polar surface area (TPSA) is 29.9 Å². The summed E-state index contributed by atoms with van der Waals surface area (Å²) in [7, 11) is 0. The Labute approximate surface area is 91.3 Å². The molecule has 0 unspecified atom stereocenters. The minimum absolute atomic E-state index is 0.811.